The first-order valence-corrected chi connectivity index (χ1v) is 5.68. The number of methoxy groups -OCH3 is 1. The molecule has 1 aliphatic rings. The average Bonchev–Trinajstić information content (AvgIpc) is 2.65. The van der Waals surface area contributed by atoms with Gasteiger partial charge in [-0.15, -0.1) is 0 Å². The van der Waals surface area contributed by atoms with Crippen LogP contribution in [0.5, 0.6) is 0 Å². The Hall–Kier alpha value is -1.10. The molecule has 1 N–H and O–H groups in total. The molecule has 0 aromatic heterocycles. The Bertz CT molecular complexity index is 256. The summed E-state index contributed by atoms with van der Waals surface area (Å²) in [6.45, 7) is 4.38. The second-order valence-electron chi connectivity index (χ2n) is 4.23. The largest absolute Gasteiger partial charge is 0.453 e. The summed E-state index contributed by atoms with van der Waals surface area (Å²) in [5, 5.41) is 2.79. The van der Waals surface area contributed by atoms with Crippen molar-refractivity contribution in [2.75, 3.05) is 26.7 Å². The van der Waals surface area contributed by atoms with Crippen LogP contribution < -0.4 is 5.32 Å². The Kier molecular flexibility index (Phi) is 5.25. The third-order valence-electron chi connectivity index (χ3n) is 2.78. The summed E-state index contributed by atoms with van der Waals surface area (Å²) >= 11 is 0. The fourth-order valence-corrected chi connectivity index (χ4v) is 1.93. The lowest BCUT2D eigenvalue weighted by molar-refractivity contribution is -0.117. The summed E-state index contributed by atoms with van der Waals surface area (Å²) in [4.78, 5) is 24.0. The molecule has 5 nitrogen and oxygen atoms in total. The van der Waals surface area contributed by atoms with Gasteiger partial charge in [-0.3, -0.25) is 0 Å². The summed E-state index contributed by atoms with van der Waals surface area (Å²) in [7, 11) is 1.37. The number of carbonyl (C=O) groups excluding carboxylic acids is 2. The van der Waals surface area contributed by atoms with Gasteiger partial charge in [-0.2, -0.15) is 0 Å². The monoisotopic (exact) mass is 228 g/mol. The molecule has 1 rings (SSSR count). The molecule has 0 spiro atoms. The fourth-order valence-electron chi connectivity index (χ4n) is 1.93. The second kappa shape index (κ2) is 6.48. The summed E-state index contributed by atoms with van der Waals surface area (Å²) in [6.07, 6.45) is 2.14. The van der Waals surface area contributed by atoms with Gasteiger partial charge in [0.25, 0.3) is 0 Å². The van der Waals surface area contributed by atoms with E-state index in [4.69, 9.17) is 0 Å². The molecule has 1 aliphatic heterocycles. The van der Waals surface area contributed by atoms with E-state index < -0.39 is 0 Å². The molecule has 0 aromatic carbocycles. The van der Waals surface area contributed by atoms with Crippen LogP contribution in [0, 0.1) is 0 Å². The Morgan fingerprint density at radius 2 is 2.25 bits per heavy atom. The van der Waals surface area contributed by atoms with Gasteiger partial charge in [0.15, 0.2) is 0 Å². The first-order chi connectivity index (χ1) is 7.61. The van der Waals surface area contributed by atoms with Crippen LogP contribution in [-0.2, 0) is 9.53 Å². The van der Waals surface area contributed by atoms with Crippen molar-refractivity contribution in [1.29, 1.82) is 0 Å². The third kappa shape index (κ3) is 4.61. The van der Waals surface area contributed by atoms with Crippen molar-refractivity contribution in [2.24, 2.45) is 0 Å². The van der Waals surface area contributed by atoms with Gasteiger partial charge in [-0.1, -0.05) is 0 Å². The van der Waals surface area contributed by atoms with Gasteiger partial charge in [0.05, 0.1) is 7.11 Å². The van der Waals surface area contributed by atoms with Crippen LogP contribution in [0.3, 0.4) is 0 Å². The highest BCUT2D eigenvalue weighted by Gasteiger charge is 2.23. The number of hydrogen-bond acceptors (Lipinski definition) is 4. The molecule has 0 bridgehead atoms. The molecular weight excluding hydrogens is 208 g/mol. The minimum absolute atomic E-state index is 0.185. The quantitative estimate of drug-likeness (QED) is 0.755. The average molecular weight is 228 g/mol. The summed E-state index contributed by atoms with van der Waals surface area (Å²) in [5.41, 5.74) is 0. The molecule has 16 heavy (non-hydrogen) atoms. The van der Waals surface area contributed by atoms with Crippen molar-refractivity contribution in [3.8, 4) is 0 Å². The van der Waals surface area contributed by atoms with Crippen molar-refractivity contribution in [3.63, 3.8) is 0 Å². The van der Waals surface area contributed by atoms with Gasteiger partial charge >= 0.3 is 6.09 Å². The number of Topliss-reactive ketones (excluding diaryl/α,β-unsaturated/α-hetero) is 1. The molecule has 0 aliphatic carbocycles. The van der Waals surface area contributed by atoms with Crippen LogP contribution in [0.2, 0.25) is 0 Å². The zero-order chi connectivity index (χ0) is 12.0. The topological polar surface area (TPSA) is 58.6 Å². The normalized spacial score (nSPS) is 20.8. The molecule has 1 heterocycles. The second-order valence-corrected chi connectivity index (χ2v) is 4.23. The summed E-state index contributed by atoms with van der Waals surface area (Å²) in [6, 6.07) is 0.185. The van der Waals surface area contributed by atoms with Gasteiger partial charge in [0.2, 0.25) is 0 Å². The maximum atomic E-state index is 11.0. The number of nitrogens with one attached hydrogen (secondary N) is 1. The molecule has 1 amide bonds. The van der Waals surface area contributed by atoms with Crippen molar-refractivity contribution in [1.82, 2.24) is 10.2 Å². The van der Waals surface area contributed by atoms with Crippen LogP contribution in [0.15, 0.2) is 0 Å². The lowest BCUT2D eigenvalue weighted by Gasteiger charge is -2.15. The van der Waals surface area contributed by atoms with E-state index in [-0.39, 0.29) is 17.9 Å². The van der Waals surface area contributed by atoms with Crippen LogP contribution in [0.1, 0.15) is 26.2 Å². The van der Waals surface area contributed by atoms with Crippen LogP contribution in [0.25, 0.3) is 0 Å². The van der Waals surface area contributed by atoms with E-state index in [1.807, 2.05) is 0 Å². The van der Waals surface area contributed by atoms with E-state index in [9.17, 15) is 9.59 Å². The number of alkyl carbamates (subject to hydrolysis) is 1. The number of rotatable bonds is 5. The van der Waals surface area contributed by atoms with Crippen molar-refractivity contribution in [2.45, 2.75) is 32.2 Å². The van der Waals surface area contributed by atoms with Crippen molar-refractivity contribution in [3.05, 3.63) is 0 Å². The highest BCUT2D eigenvalue weighted by atomic mass is 16.5. The standard InChI is InChI=1S/C11H20N2O3/c1-9(14)4-3-6-13-7-5-10(8-13)12-11(15)16-2/h10H,3-8H2,1-2H3,(H,12,15). The Balaban J connectivity index is 2.14. The van der Waals surface area contributed by atoms with Gasteiger partial charge in [-0.25, -0.2) is 4.79 Å². The number of nitrogens with zero attached hydrogens (tertiary/aromatic N) is 1. The number of carbonyl (C=O) groups is 2. The number of amides is 1. The number of ketones is 1. The van der Waals surface area contributed by atoms with E-state index in [0.29, 0.717) is 6.42 Å². The van der Waals surface area contributed by atoms with E-state index in [0.717, 1.165) is 32.5 Å². The van der Waals surface area contributed by atoms with E-state index >= 15 is 0 Å². The van der Waals surface area contributed by atoms with Crippen LogP contribution >= 0.6 is 0 Å². The van der Waals surface area contributed by atoms with Gasteiger partial charge < -0.3 is 19.7 Å². The van der Waals surface area contributed by atoms with Crippen LogP contribution in [-0.4, -0.2) is 49.6 Å². The lowest BCUT2D eigenvalue weighted by atomic mass is 10.2. The number of ether oxygens (including phenoxy) is 1. The number of likely N-dealkylation sites (tertiary alicyclic amines) is 1. The van der Waals surface area contributed by atoms with E-state index in [1.165, 1.54) is 7.11 Å². The lowest BCUT2D eigenvalue weighted by Crippen LogP contribution is -2.37. The van der Waals surface area contributed by atoms with Gasteiger partial charge in [-0.05, 0) is 26.3 Å². The molecule has 1 saturated heterocycles. The molecule has 5 heteroatoms. The predicted molar refractivity (Wildman–Crippen MR) is 60.3 cm³/mol. The van der Waals surface area contributed by atoms with Gasteiger partial charge in [0.1, 0.15) is 5.78 Å². The minimum atomic E-state index is -0.365. The van der Waals surface area contributed by atoms with Crippen molar-refractivity contribution < 1.29 is 14.3 Å². The third-order valence-corrected chi connectivity index (χ3v) is 2.78. The Morgan fingerprint density at radius 3 is 2.88 bits per heavy atom. The van der Waals surface area contributed by atoms with E-state index in [2.05, 4.69) is 15.0 Å². The minimum Gasteiger partial charge on any atom is -0.453 e. The Labute approximate surface area is 96.1 Å². The molecule has 1 unspecified atom stereocenters. The molecule has 0 saturated carbocycles. The smallest absolute Gasteiger partial charge is 0.407 e. The number of hydrogen-bond donors (Lipinski definition) is 1. The molecular formula is C11H20N2O3. The molecule has 92 valence electrons. The first kappa shape index (κ1) is 13.0. The summed E-state index contributed by atoms with van der Waals surface area (Å²) < 4.78 is 4.55. The maximum absolute atomic E-state index is 11.0. The molecule has 1 fully saturated rings. The highest BCUT2D eigenvalue weighted by molar-refractivity contribution is 5.75. The summed E-state index contributed by atoms with van der Waals surface area (Å²) in [5.74, 6) is 0.239. The SMILES string of the molecule is COC(=O)NC1CCN(CCCC(C)=O)C1. The fraction of sp³-hybridized carbons (Fsp3) is 0.818. The molecule has 1 atom stereocenters. The van der Waals surface area contributed by atoms with E-state index in [1.54, 1.807) is 6.92 Å². The highest BCUT2D eigenvalue weighted by Crippen LogP contribution is 2.10. The first-order valence-electron chi connectivity index (χ1n) is 5.68. The molecule has 0 radical (unpaired) electrons. The zero-order valence-corrected chi connectivity index (χ0v) is 9.99. The maximum Gasteiger partial charge on any atom is 0.407 e. The van der Waals surface area contributed by atoms with Gasteiger partial charge in [0, 0.05) is 25.6 Å². The van der Waals surface area contributed by atoms with Crippen LogP contribution in [0.4, 0.5) is 4.79 Å². The Morgan fingerprint density at radius 1 is 1.50 bits per heavy atom. The van der Waals surface area contributed by atoms with Crippen molar-refractivity contribution >= 4 is 11.9 Å². The zero-order valence-electron chi connectivity index (χ0n) is 9.99. The molecule has 0 aromatic rings. The predicted octanol–water partition coefficient (Wildman–Crippen LogP) is 0.786.